The van der Waals surface area contributed by atoms with Crippen LogP contribution in [0.15, 0.2) is 51.9 Å². The van der Waals surface area contributed by atoms with Crippen LogP contribution in [0.4, 0.5) is 0 Å². The Morgan fingerprint density at radius 3 is 3.00 bits per heavy atom. The van der Waals surface area contributed by atoms with Crippen molar-refractivity contribution in [3.63, 3.8) is 0 Å². The number of benzene rings is 1. The number of likely N-dealkylation sites (tertiary alicyclic amines) is 1. The summed E-state index contributed by atoms with van der Waals surface area (Å²) < 4.78 is 7.57. The molecule has 1 aliphatic rings. The van der Waals surface area contributed by atoms with Gasteiger partial charge in [-0.3, -0.25) is 14.3 Å². The monoisotopic (exact) mass is 337 g/mol. The predicted molar refractivity (Wildman–Crippen MR) is 93.5 cm³/mol. The molecule has 0 bridgehead atoms. The van der Waals surface area contributed by atoms with E-state index in [2.05, 4.69) is 5.10 Å². The number of nitrogens with zero attached hydrogens (tertiary/aromatic N) is 3. The minimum absolute atomic E-state index is 0.0589. The molecule has 1 aromatic carbocycles. The van der Waals surface area contributed by atoms with Gasteiger partial charge in [-0.25, -0.2) is 0 Å². The van der Waals surface area contributed by atoms with Crippen LogP contribution in [-0.2, 0) is 6.54 Å². The molecule has 0 radical (unpaired) electrons. The summed E-state index contributed by atoms with van der Waals surface area (Å²) in [5, 5.41) is 4.80. The minimum atomic E-state index is -0.228. The van der Waals surface area contributed by atoms with Crippen molar-refractivity contribution in [3.05, 3.63) is 64.3 Å². The average molecular weight is 337 g/mol. The number of aromatic nitrogens is 2. The second kappa shape index (κ2) is 6.20. The molecule has 1 aliphatic heterocycles. The Balaban J connectivity index is 1.62. The Labute approximate surface area is 144 Å². The molecule has 0 N–H and O–H groups in total. The molecule has 0 saturated carbocycles. The lowest BCUT2D eigenvalue weighted by atomic mass is 10.2. The van der Waals surface area contributed by atoms with Gasteiger partial charge in [0.2, 0.25) is 0 Å². The summed E-state index contributed by atoms with van der Waals surface area (Å²) in [6.07, 6.45) is 5.64. The first-order chi connectivity index (χ1) is 12.1. The largest absolute Gasteiger partial charge is 0.451 e. The highest BCUT2D eigenvalue weighted by molar-refractivity contribution is 5.93. The summed E-state index contributed by atoms with van der Waals surface area (Å²) in [7, 11) is 0. The molecule has 3 aromatic rings. The maximum Gasteiger partial charge on any atom is 0.290 e. The third-order valence-corrected chi connectivity index (χ3v) is 4.64. The van der Waals surface area contributed by atoms with Crippen molar-refractivity contribution < 1.29 is 9.21 Å². The first kappa shape index (κ1) is 15.6. The van der Waals surface area contributed by atoms with Crippen molar-refractivity contribution in [3.8, 4) is 0 Å². The fraction of sp³-hybridized carbons (Fsp3) is 0.316. The third kappa shape index (κ3) is 2.95. The minimum Gasteiger partial charge on any atom is -0.451 e. The number of rotatable bonds is 3. The summed E-state index contributed by atoms with van der Waals surface area (Å²) in [6, 6.07) is 8.35. The quantitative estimate of drug-likeness (QED) is 0.737. The molecule has 25 heavy (non-hydrogen) atoms. The van der Waals surface area contributed by atoms with Crippen LogP contribution < -0.4 is 5.43 Å². The van der Waals surface area contributed by atoms with Gasteiger partial charge < -0.3 is 9.32 Å². The molecule has 0 aliphatic carbocycles. The average Bonchev–Trinajstić information content (AvgIpc) is 3.23. The van der Waals surface area contributed by atoms with E-state index in [1.807, 2.05) is 24.0 Å². The molecule has 128 valence electrons. The highest BCUT2D eigenvalue weighted by atomic mass is 16.3. The number of aryl methyl sites for hydroxylation is 1. The zero-order chi connectivity index (χ0) is 17.4. The molecule has 6 heteroatoms. The van der Waals surface area contributed by atoms with Crippen LogP contribution in [0, 0.1) is 6.92 Å². The van der Waals surface area contributed by atoms with Crippen molar-refractivity contribution in [1.29, 1.82) is 0 Å². The van der Waals surface area contributed by atoms with Gasteiger partial charge in [-0.05, 0) is 37.5 Å². The normalized spacial score (nSPS) is 17.3. The molecule has 3 heterocycles. The van der Waals surface area contributed by atoms with Gasteiger partial charge in [-0.2, -0.15) is 5.10 Å². The molecule has 1 saturated heterocycles. The smallest absolute Gasteiger partial charge is 0.290 e. The number of carbonyl (C=O) groups is 1. The third-order valence-electron chi connectivity index (χ3n) is 4.64. The lowest BCUT2D eigenvalue weighted by Gasteiger charge is -2.24. The molecule has 6 nitrogen and oxygen atoms in total. The first-order valence-corrected chi connectivity index (χ1v) is 8.45. The number of amides is 1. The fourth-order valence-electron chi connectivity index (χ4n) is 3.43. The Bertz CT molecular complexity index is 989. The van der Waals surface area contributed by atoms with Crippen molar-refractivity contribution in [2.45, 2.75) is 32.4 Å². The summed E-state index contributed by atoms with van der Waals surface area (Å²) in [6.45, 7) is 3.31. The van der Waals surface area contributed by atoms with Crippen LogP contribution in [0.5, 0.6) is 0 Å². The summed E-state index contributed by atoms with van der Waals surface area (Å²) in [4.78, 5) is 27.0. The zero-order valence-electron chi connectivity index (χ0n) is 14.0. The highest BCUT2D eigenvalue weighted by Gasteiger charge is 2.31. The summed E-state index contributed by atoms with van der Waals surface area (Å²) in [5.74, 6) is -0.124. The SMILES string of the molecule is Cc1cnn(C[C@H]2CCCN2C(=O)c2cc(=O)c3ccccc3o2)c1. The van der Waals surface area contributed by atoms with Crippen molar-refractivity contribution >= 4 is 16.9 Å². The van der Waals surface area contributed by atoms with Crippen LogP contribution >= 0.6 is 0 Å². The Kier molecular flexibility index (Phi) is 3.87. The number of hydrogen-bond acceptors (Lipinski definition) is 4. The van der Waals surface area contributed by atoms with Gasteiger partial charge in [-0.1, -0.05) is 12.1 Å². The van der Waals surface area contributed by atoms with Crippen LogP contribution in [0.1, 0.15) is 29.0 Å². The zero-order valence-corrected chi connectivity index (χ0v) is 14.0. The van der Waals surface area contributed by atoms with Crippen LogP contribution in [0.2, 0.25) is 0 Å². The molecule has 1 atom stereocenters. The van der Waals surface area contributed by atoms with E-state index in [-0.39, 0.29) is 23.1 Å². The summed E-state index contributed by atoms with van der Waals surface area (Å²) >= 11 is 0. The number of hydrogen-bond donors (Lipinski definition) is 0. The van der Waals surface area contributed by atoms with Gasteiger partial charge in [0, 0.05) is 18.8 Å². The van der Waals surface area contributed by atoms with E-state index in [4.69, 9.17) is 4.42 Å². The fourth-order valence-corrected chi connectivity index (χ4v) is 3.43. The number of fused-ring (bicyclic) bond motifs is 1. The Hall–Kier alpha value is -2.89. The predicted octanol–water partition coefficient (Wildman–Crippen LogP) is 2.60. The molecule has 1 amide bonds. The molecule has 0 spiro atoms. The van der Waals surface area contributed by atoms with E-state index in [0.29, 0.717) is 24.1 Å². The van der Waals surface area contributed by atoms with E-state index in [1.165, 1.54) is 6.07 Å². The molecule has 0 unspecified atom stereocenters. The van der Waals surface area contributed by atoms with Crippen LogP contribution in [0.25, 0.3) is 11.0 Å². The van der Waals surface area contributed by atoms with Crippen molar-refractivity contribution in [2.24, 2.45) is 0 Å². The maximum absolute atomic E-state index is 12.9. The van der Waals surface area contributed by atoms with E-state index in [0.717, 1.165) is 18.4 Å². The number of carbonyl (C=O) groups excluding carboxylic acids is 1. The Morgan fingerprint density at radius 1 is 1.36 bits per heavy atom. The second-order valence-corrected chi connectivity index (χ2v) is 6.51. The maximum atomic E-state index is 12.9. The topological polar surface area (TPSA) is 68.3 Å². The van der Waals surface area contributed by atoms with E-state index in [9.17, 15) is 9.59 Å². The second-order valence-electron chi connectivity index (χ2n) is 6.51. The summed E-state index contributed by atoms with van der Waals surface area (Å²) in [5.41, 5.74) is 1.34. The molecule has 2 aromatic heterocycles. The van der Waals surface area contributed by atoms with Gasteiger partial charge in [0.05, 0.1) is 24.2 Å². The van der Waals surface area contributed by atoms with Crippen LogP contribution in [-0.4, -0.2) is 33.2 Å². The first-order valence-electron chi connectivity index (χ1n) is 8.45. The van der Waals surface area contributed by atoms with E-state index < -0.39 is 0 Å². The van der Waals surface area contributed by atoms with Crippen molar-refractivity contribution in [1.82, 2.24) is 14.7 Å². The van der Waals surface area contributed by atoms with Crippen LogP contribution in [0.3, 0.4) is 0 Å². The van der Waals surface area contributed by atoms with Gasteiger partial charge in [0.25, 0.3) is 5.91 Å². The molecule has 4 rings (SSSR count). The standard InChI is InChI=1S/C19H19N3O3/c1-13-10-20-21(11-13)12-14-5-4-8-22(14)19(24)18-9-16(23)15-6-2-3-7-17(15)25-18/h2-3,6-7,9-11,14H,4-5,8,12H2,1H3/t14-/m1/s1. The van der Waals surface area contributed by atoms with E-state index in [1.54, 1.807) is 29.2 Å². The molecular weight excluding hydrogens is 318 g/mol. The van der Waals surface area contributed by atoms with Gasteiger partial charge in [-0.15, -0.1) is 0 Å². The Morgan fingerprint density at radius 2 is 2.20 bits per heavy atom. The van der Waals surface area contributed by atoms with Crippen molar-refractivity contribution in [2.75, 3.05) is 6.54 Å². The van der Waals surface area contributed by atoms with Gasteiger partial charge in [0.1, 0.15) is 5.58 Å². The van der Waals surface area contributed by atoms with Gasteiger partial charge in [0.15, 0.2) is 11.2 Å². The lowest BCUT2D eigenvalue weighted by Crippen LogP contribution is -2.38. The van der Waals surface area contributed by atoms with E-state index >= 15 is 0 Å². The lowest BCUT2D eigenvalue weighted by molar-refractivity contribution is 0.0690. The molecular formula is C19H19N3O3. The molecule has 1 fully saturated rings. The highest BCUT2D eigenvalue weighted by Crippen LogP contribution is 2.22. The number of para-hydroxylation sites is 1. The van der Waals surface area contributed by atoms with Gasteiger partial charge >= 0.3 is 0 Å².